The molecule has 1 N–H and O–H groups in total. The number of carbonyl (C=O) groups is 1. The number of carbonyl (C=O) groups excluding carboxylic acids is 1. The van der Waals surface area contributed by atoms with E-state index in [1.165, 1.54) is 12.2 Å². The number of nitrogens with one attached hydrogen (secondary N) is 1. The molecule has 2 nitrogen and oxygen atoms in total. The van der Waals surface area contributed by atoms with Crippen LogP contribution in [-0.4, -0.2) is 28.8 Å². The van der Waals surface area contributed by atoms with Gasteiger partial charge in [-0.2, -0.15) is 11.8 Å². The summed E-state index contributed by atoms with van der Waals surface area (Å²) in [5.74, 6) is 2.27. The summed E-state index contributed by atoms with van der Waals surface area (Å²) in [7, 11) is 0. The number of amides is 1. The van der Waals surface area contributed by atoms with Crippen LogP contribution in [0.5, 0.6) is 0 Å². The summed E-state index contributed by atoms with van der Waals surface area (Å²) >= 11 is 5.08. The fourth-order valence-corrected chi connectivity index (χ4v) is 1.53. The maximum absolute atomic E-state index is 11.0. The molecule has 0 aliphatic heterocycles. The smallest absolute Gasteiger partial charge is 0.233 e. The van der Waals surface area contributed by atoms with Gasteiger partial charge in [0.1, 0.15) is 0 Å². The van der Waals surface area contributed by atoms with Gasteiger partial charge < -0.3 is 5.32 Å². The molecule has 12 heavy (non-hydrogen) atoms. The SMILES string of the molecule is CCCSCCNC(=O)C(C)Br. The highest BCUT2D eigenvalue weighted by Crippen LogP contribution is 2.00. The van der Waals surface area contributed by atoms with E-state index >= 15 is 0 Å². The molecule has 72 valence electrons. The molecule has 0 aromatic carbocycles. The van der Waals surface area contributed by atoms with E-state index in [-0.39, 0.29) is 10.7 Å². The standard InChI is InChI=1S/C8H16BrNOS/c1-3-5-12-6-4-10-8(11)7(2)9/h7H,3-6H2,1-2H3,(H,10,11). The predicted octanol–water partition coefficient (Wildman–Crippen LogP) is 2.03. The van der Waals surface area contributed by atoms with Crippen molar-refractivity contribution in [1.29, 1.82) is 0 Å². The Hall–Kier alpha value is 0.300. The van der Waals surface area contributed by atoms with E-state index in [0.29, 0.717) is 0 Å². The van der Waals surface area contributed by atoms with E-state index in [4.69, 9.17) is 0 Å². The van der Waals surface area contributed by atoms with Crippen molar-refractivity contribution in [2.75, 3.05) is 18.1 Å². The van der Waals surface area contributed by atoms with E-state index in [2.05, 4.69) is 28.2 Å². The summed E-state index contributed by atoms with van der Waals surface area (Å²) in [6, 6.07) is 0. The zero-order valence-corrected chi connectivity index (χ0v) is 10.0. The third-order valence-corrected chi connectivity index (χ3v) is 2.86. The minimum Gasteiger partial charge on any atom is -0.354 e. The summed E-state index contributed by atoms with van der Waals surface area (Å²) in [5.41, 5.74) is 0. The molecule has 0 aliphatic carbocycles. The van der Waals surface area contributed by atoms with Crippen molar-refractivity contribution in [3.63, 3.8) is 0 Å². The second kappa shape index (κ2) is 7.92. The normalized spacial score (nSPS) is 12.6. The minimum absolute atomic E-state index is 0.0753. The molecule has 0 saturated carbocycles. The first-order valence-corrected chi connectivity index (χ1v) is 6.25. The Kier molecular flexibility index (Phi) is 8.12. The van der Waals surface area contributed by atoms with E-state index in [9.17, 15) is 4.79 Å². The highest BCUT2D eigenvalue weighted by molar-refractivity contribution is 9.10. The lowest BCUT2D eigenvalue weighted by atomic mass is 10.4. The van der Waals surface area contributed by atoms with Gasteiger partial charge in [0, 0.05) is 12.3 Å². The first-order chi connectivity index (χ1) is 5.68. The summed E-state index contributed by atoms with van der Waals surface area (Å²) in [6.45, 7) is 4.76. The zero-order chi connectivity index (χ0) is 9.40. The Morgan fingerprint density at radius 3 is 2.75 bits per heavy atom. The molecule has 1 amide bonds. The highest BCUT2D eigenvalue weighted by atomic mass is 79.9. The van der Waals surface area contributed by atoms with Crippen LogP contribution in [0.3, 0.4) is 0 Å². The largest absolute Gasteiger partial charge is 0.354 e. The van der Waals surface area contributed by atoms with Gasteiger partial charge in [-0.1, -0.05) is 22.9 Å². The van der Waals surface area contributed by atoms with E-state index in [0.717, 1.165) is 12.3 Å². The minimum atomic E-state index is -0.0753. The molecule has 1 atom stereocenters. The number of hydrogen-bond donors (Lipinski definition) is 1. The maximum Gasteiger partial charge on any atom is 0.233 e. The van der Waals surface area contributed by atoms with Gasteiger partial charge in [0.05, 0.1) is 4.83 Å². The van der Waals surface area contributed by atoms with E-state index in [1.807, 2.05) is 18.7 Å². The third-order valence-electron chi connectivity index (χ3n) is 1.26. The van der Waals surface area contributed by atoms with Gasteiger partial charge in [-0.05, 0) is 19.1 Å². The molecule has 0 bridgehead atoms. The second-order valence-corrected chi connectivity index (χ2v) is 5.12. The summed E-state index contributed by atoms with van der Waals surface area (Å²) in [6.07, 6.45) is 1.20. The average molecular weight is 254 g/mol. The van der Waals surface area contributed by atoms with Crippen molar-refractivity contribution in [1.82, 2.24) is 5.32 Å². The van der Waals surface area contributed by atoms with Gasteiger partial charge >= 0.3 is 0 Å². The van der Waals surface area contributed by atoms with Crippen LogP contribution in [0.15, 0.2) is 0 Å². The van der Waals surface area contributed by atoms with Crippen molar-refractivity contribution in [2.45, 2.75) is 25.1 Å². The van der Waals surface area contributed by atoms with Gasteiger partial charge in [-0.25, -0.2) is 0 Å². The zero-order valence-electron chi connectivity index (χ0n) is 7.60. The molecule has 0 heterocycles. The molecule has 0 aliphatic rings. The number of hydrogen-bond acceptors (Lipinski definition) is 2. The summed E-state index contributed by atoms with van der Waals surface area (Å²) in [4.78, 5) is 10.9. The quantitative estimate of drug-likeness (QED) is 0.580. The molecule has 0 radical (unpaired) electrons. The second-order valence-electron chi connectivity index (χ2n) is 2.52. The lowest BCUT2D eigenvalue weighted by molar-refractivity contribution is -0.120. The van der Waals surface area contributed by atoms with Gasteiger partial charge in [0.25, 0.3) is 0 Å². The molecular formula is C8H16BrNOS. The molecule has 0 rings (SSSR count). The first kappa shape index (κ1) is 12.3. The van der Waals surface area contributed by atoms with Crippen LogP contribution in [0.1, 0.15) is 20.3 Å². The fraction of sp³-hybridized carbons (Fsp3) is 0.875. The Bertz CT molecular complexity index is 130. The predicted molar refractivity (Wildman–Crippen MR) is 59.0 cm³/mol. The molecule has 0 fully saturated rings. The monoisotopic (exact) mass is 253 g/mol. The van der Waals surface area contributed by atoms with Crippen LogP contribution in [0, 0.1) is 0 Å². The maximum atomic E-state index is 11.0. The van der Waals surface area contributed by atoms with Crippen molar-refractivity contribution >= 4 is 33.6 Å². The summed E-state index contributed by atoms with van der Waals surface area (Å²) < 4.78 is 0. The molecular weight excluding hydrogens is 238 g/mol. The summed E-state index contributed by atoms with van der Waals surface area (Å²) in [5, 5.41) is 2.83. The molecule has 0 saturated heterocycles. The van der Waals surface area contributed by atoms with Crippen LogP contribution in [0.4, 0.5) is 0 Å². The lowest BCUT2D eigenvalue weighted by Gasteiger charge is -2.05. The van der Waals surface area contributed by atoms with Crippen LogP contribution >= 0.6 is 27.7 Å². The third kappa shape index (κ3) is 6.98. The Labute approximate surface area is 87.0 Å². The Balaban J connectivity index is 3.14. The van der Waals surface area contributed by atoms with Gasteiger partial charge in [-0.15, -0.1) is 0 Å². The number of rotatable bonds is 6. The van der Waals surface area contributed by atoms with Gasteiger partial charge in [-0.3, -0.25) is 4.79 Å². The number of alkyl halides is 1. The van der Waals surface area contributed by atoms with Crippen molar-refractivity contribution in [3.8, 4) is 0 Å². The molecule has 0 aromatic heterocycles. The number of thioether (sulfide) groups is 1. The van der Waals surface area contributed by atoms with Crippen molar-refractivity contribution in [3.05, 3.63) is 0 Å². The van der Waals surface area contributed by atoms with Crippen molar-refractivity contribution < 1.29 is 4.79 Å². The fourth-order valence-electron chi connectivity index (χ4n) is 0.633. The average Bonchev–Trinajstić information content (AvgIpc) is 2.03. The van der Waals surface area contributed by atoms with E-state index in [1.54, 1.807) is 0 Å². The van der Waals surface area contributed by atoms with Gasteiger partial charge in [0.15, 0.2) is 0 Å². The lowest BCUT2D eigenvalue weighted by Crippen LogP contribution is -2.31. The van der Waals surface area contributed by atoms with Crippen LogP contribution < -0.4 is 5.32 Å². The van der Waals surface area contributed by atoms with Gasteiger partial charge in [0.2, 0.25) is 5.91 Å². The molecule has 0 aromatic rings. The Morgan fingerprint density at radius 1 is 1.58 bits per heavy atom. The molecule has 1 unspecified atom stereocenters. The first-order valence-electron chi connectivity index (χ1n) is 4.18. The highest BCUT2D eigenvalue weighted by Gasteiger charge is 2.05. The number of halogens is 1. The Morgan fingerprint density at radius 2 is 2.25 bits per heavy atom. The molecule has 0 spiro atoms. The molecule has 4 heteroatoms. The topological polar surface area (TPSA) is 29.1 Å². The van der Waals surface area contributed by atoms with Crippen molar-refractivity contribution in [2.24, 2.45) is 0 Å². The van der Waals surface area contributed by atoms with Crippen LogP contribution in [0.2, 0.25) is 0 Å². The van der Waals surface area contributed by atoms with Crippen LogP contribution in [0.25, 0.3) is 0 Å². The van der Waals surface area contributed by atoms with E-state index < -0.39 is 0 Å². The van der Waals surface area contributed by atoms with Crippen LogP contribution in [-0.2, 0) is 4.79 Å².